The summed E-state index contributed by atoms with van der Waals surface area (Å²) in [6.07, 6.45) is 5.36. The maximum Gasteiger partial charge on any atom is 0.267 e. The fourth-order valence-corrected chi connectivity index (χ4v) is 3.06. The molecule has 0 N–H and O–H groups in total. The van der Waals surface area contributed by atoms with E-state index in [9.17, 15) is 9.59 Å². The molecule has 5 heteroatoms. The lowest BCUT2D eigenvalue weighted by Gasteiger charge is -2.16. The molecule has 0 radical (unpaired) electrons. The average molecular weight is 347 g/mol. The van der Waals surface area contributed by atoms with E-state index in [1.165, 1.54) is 13.0 Å². The predicted molar refractivity (Wildman–Crippen MR) is 104 cm³/mol. The quantitative estimate of drug-likeness (QED) is 0.677. The predicted octanol–water partition coefficient (Wildman–Crippen LogP) is 3.56. The number of fused-ring (bicyclic) bond motifs is 1. The first kappa shape index (κ1) is 17.7. The number of pyridine rings is 1. The largest absolute Gasteiger partial charge is 0.295 e. The topological polar surface area (TPSA) is 64.8 Å². The van der Waals surface area contributed by atoms with Gasteiger partial charge in [0.15, 0.2) is 11.4 Å². The van der Waals surface area contributed by atoms with E-state index in [2.05, 4.69) is 9.97 Å². The zero-order valence-electron chi connectivity index (χ0n) is 15.4. The van der Waals surface area contributed by atoms with Crippen LogP contribution in [0.15, 0.2) is 41.3 Å². The third kappa shape index (κ3) is 3.20. The van der Waals surface area contributed by atoms with Crippen LogP contribution < -0.4 is 5.56 Å². The summed E-state index contributed by atoms with van der Waals surface area (Å²) < 4.78 is 1.69. The molecular weight excluding hydrogens is 326 g/mol. The lowest BCUT2D eigenvalue weighted by molar-refractivity contribution is -0.112. The monoisotopic (exact) mass is 347 g/mol. The van der Waals surface area contributed by atoms with Gasteiger partial charge in [0.1, 0.15) is 5.82 Å². The number of ketones is 1. The summed E-state index contributed by atoms with van der Waals surface area (Å²) in [5.41, 5.74) is 3.88. The second-order valence-electron chi connectivity index (χ2n) is 6.35. The van der Waals surface area contributed by atoms with Gasteiger partial charge in [0.05, 0.1) is 11.1 Å². The Morgan fingerprint density at radius 2 is 1.92 bits per heavy atom. The van der Waals surface area contributed by atoms with Gasteiger partial charge in [-0.2, -0.15) is 0 Å². The van der Waals surface area contributed by atoms with Crippen LogP contribution in [0.1, 0.15) is 36.4 Å². The lowest BCUT2D eigenvalue weighted by atomic mass is 10.1. The summed E-state index contributed by atoms with van der Waals surface area (Å²) in [7, 11) is 0. The van der Waals surface area contributed by atoms with Gasteiger partial charge >= 0.3 is 0 Å². The van der Waals surface area contributed by atoms with Crippen molar-refractivity contribution in [1.29, 1.82) is 0 Å². The molecule has 0 atom stereocenters. The van der Waals surface area contributed by atoms with Crippen molar-refractivity contribution >= 4 is 22.9 Å². The molecule has 0 aliphatic rings. The van der Waals surface area contributed by atoms with E-state index in [1.807, 2.05) is 39.0 Å². The maximum atomic E-state index is 13.3. The molecule has 26 heavy (non-hydrogen) atoms. The summed E-state index contributed by atoms with van der Waals surface area (Å²) >= 11 is 0. The summed E-state index contributed by atoms with van der Waals surface area (Å²) in [6.45, 7) is 7.43. The molecule has 0 unspecified atom stereocenters. The van der Waals surface area contributed by atoms with E-state index in [-0.39, 0.29) is 11.3 Å². The van der Waals surface area contributed by atoms with Gasteiger partial charge < -0.3 is 0 Å². The first-order valence-corrected chi connectivity index (χ1v) is 8.59. The zero-order chi connectivity index (χ0) is 18.8. The number of nitrogens with zero attached hydrogens (tertiary/aromatic N) is 3. The first-order chi connectivity index (χ1) is 12.4. The number of carbonyl (C=O) groups excluding carboxylic acids is 1. The highest BCUT2D eigenvalue weighted by Crippen LogP contribution is 2.20. The minimum Gasteiger partial charge on any atom is -0.295 e. The number of aromatic nitrogens is 3. The van der Waals surface area contributed by atoms with Gasteiger partial charge in [-0.25, -0.2) is 9.97 Å². The number of hydrogen-bond donors (Lipinski definition) is 0. The lowest BCUT2D eigenvalue weighted by Crippen LogP contribution is -2.25. The normalized spacial score (nSPS) is 11.4. The van der Waals surface area contributed by atoms with Gasteiger partial charge in [0.25, 0.3) is 5.56 Å². The highest BCUT2D eigenvalue weighted by molar-refractivity contribution is 5.92. The number of para-hydroxylation sites is 1. The van der Waals surface area contributed by atoms with Gasteiger partial charge in [-0.05, 0) is 55.7 Å². The van der Waals surface area contributed by atoms with Crippen LogP contribution in [0, 0.1) is 13.8 Å². The summed E-state index contributed by atoms with van der Waals surface area (Å²) in [4.78, 5) is 33.4. The highest BCUT2D eigenvalue weighted by Gasteiger charge is 2.15. The van der Waals surface area contributed by atoms with Gasteiger partial charge in [-0.1, -0.05) is 25.1 Å². The highest BCUT2D eigenvalue weighted by atomic mass is 16.1. The molecule has 0 spiro atoms. The van der Waals surface area contributed by atoms with Crippen molar-refractivity contribution in [2.24, 2.45) is 0 Å². The van der Waals surface area contributed by atoms with Crippen LogP contribution in [-0.4, -0.2) is 20.3 Å². The van der Waals surface area contributed by atoms with Gasteiger partial charge in [-0.15, -0.1) is 0 Å². The van der Waals surface area contributed by atoms with E-state index >= 15 is 0 Å². The molecule has 0 fully saturated rings. The van der Waals surface area contributed by atoms with Crippen molar-refractivity contribution in [3.8, 4) is 5.69 Å². The van der Waals surface area contributed by atoms with E-state index in [1.54, 1.807) is 22.9 Å². The Morgan fingerprint density at radius 1 is 1.23 bits per heavy atom. The molecule has 0 saturated carbocycles. The van der Waals surface area contributed by atoms with Crippen molar-refractivity contribution in [2.45, 2.75) is 34.1 Å². The van der Waals surface area contributed by atoms with E-state index in [0.29, 0.717) is 28.8 Å². The standard InChI is InChI=1S/C21H21N3O2/c1-5-18-23-20-17(11-16(12-22-20)10-9-15(4)25)21(26)24(18)19-13(2)7-6-8-14(19)3/h6-12H,5H2,1-4H3/b10-9+. The maximum absolute atomic E-state index is 13.3. The van der Waals surface area contributed by atoms with E-state index in [0.717, 1.165) is 16.8 Å². The third-order valence-corrected chi connectivity index (χ3v) is 4.30. The second-order valence-corrected chi connectivity index (χ2v) is 6.35. The third-order valence-electron chi connectivity index (χ3n) is 4.30. The van der Waals surface area contributed by atoms with Gasteiger partial charge in [0, 0.05) is 12.6 Å². The number of allylic oxidation sites excluding steroid dienone is 1. The molecule has 0 aliphatic heterocycles. The number of hydrogen-bond acceptors (Lipinski definition) is 4. The molecule has 0 bridgehead atoms. The second kappa shape index (κ2) is 7.04. The summed E-state index contributed by atoms with van der Waals surface area (Å²) in [5, 5.41) is 0.440. The molecule has 2 aromatic heterocycles. The van der Waals surface area contributed by atoms with Crippen LogP contribution in [0.2, 0.25) is 0 Å². The van der Waals surface area contributed by atoms with Crippen LogP contribution in [0.25, 0.3) is 22.8 Å². The Balaban J connectivity index is 2.34. The molecule has 0 saturated heterocycles. The Hall–Kier alpha value is -3.08. The van der Waals surface area contributed by atoms with Crippen LogP contribution in [-0.2, 0) is 11.2 Å². The number of carbonyl (C=O) groups is 1. The SMILES string of the molecule is CCc1nc2ncc(/C=C/C(C)=O)cc2c(=O)n1-c1c(C)cccc1C. The van der Waals surface area contributed by atoms with Crippen LogP contribution in [0.4, 0.5) is 0 Å². The molecule has 3 aromatic rings. The van der Waals surface area contributed by atoms with Crippen molar-refractivity contribution in [3.63, 3.8) is 0 Å². The van der Waals surface area contributed by atoms with Crippen molar-refractivity contribution < 1.29 is 4.79 Å². The molecule has 0 aliphatic carbocycles. The Bertz CT molecular complexity index is 1070. The summed E-state index contributed by atoms with van der Waals surface area (Å²) in [5.74, 6) is 0.622. The fraction of sp³-hybridized carbons (Fsp3) is 0.238. The molecule has 5 nitrogen and oxygen atoms in total. The van der Waals surface area contributed by atoms with Crippen LogP contribution in [0.5, 0.6) is 0 Å². The number of aryl methyl sites for hydroxylation is 3. The Kier molecular flexibility index (Phi) is 4.80. The van der Waals surface area contributed by atoms with Crippen molar-refractivity contribution in [2.75, 3.05) is 0 Å². The molecular formula is C21H21N3O2. The van der Waals surface area contributed by atoms with Gasteiger partial charge in [-0.3, -0.25) is 14.2 Å². The molecule has 1 aromatic carbocycles. The van der Waals surface area contributed by atoms with E-state index < -0.39 is 0 Å². The minimum absolute atomic E-state index is 0.0579. The number of rotatable bonds is 4. The minimum atomic E-state index is -0.144. The average Bonchev–Trinajstić information content (AvgIpc) is 2.61. The Morgan fingerprint density at radius 3 is 2.54 bits per heavy atom. The van der Waals surface area contributed by atoms with Crippen LogP contribution in [0.3, 0.4) is 0 Å². The fourth-order valence-electron chi connectivity index (χ4n) is 3.06. The first-order valence-electron chi connectivity index (χ1n) is 8.59. The van der Waals surface area contributed by atoms with Gasteiger partial charge in [0.2, 0.25) is 0 Å². The van der Waals surface area contributed by atoms with Crippen LogP contribution >= 0.6 is 0 Å². The van der Waals surface area contributed by atoms with E-state index in [4.69, 9.17) is 0 Å². The van der Waals surface area contributed by atoms with Crippen molar-refractivity contribution in [1.82, 2.24) is 14.5 Å². The smallest absolute Gasteiger partial charge is 0.267 e. The molecule has 132 valence electrons. The molecule has 3 rings (SSSR count). The molecule has 2 heterocycles. The summed E-state index contributed by atoms with van der Waals surface area (Å²) in [6, 6.07) is 7.69. The van der Waals surface area contributed by atoms with Crippen molar-refractivity contribution in [3.05, 3.63) is 69.4 Å². The molecule has 0 amide bonds. The number of benzene rings is 1. The Labute approximate surface area is 152 Å². The zero-order valence-corrected chi connectivity index (χ0v) is 15.4.